The number of carbonyl (C=O) groups is 4. The number of rotatable bonds is 6. The van der Waals surface area contributed by atoms with Gasteiger partial charge in [0.2, 0.25) is 11.8 Å². The predicted octanol–water partition coefficient (Wildman–Crippen LogP) is 5.43. The van der Waals surface area contributed by atoms with Crippen LogP contribution in [0.2, 0.25) is 5.02 Å². The normalized spacial score (nSPS) is 32.7. The number of hydrogen-bond acceptors (Lipinski definition) is 7. The number of phenols is 1. The van der Waals surface area contributed by atoms with Crippen molar-refractivity contribution in [2.24, 2.45) is 17.8 Å². The molecule has 4 amide bonds. The SMILES string of the molecule is COc1cc(C2C3=CCC4C(=O)N(C5CCN(Cc6ccccc6)CC5)C(=O)C4C3CC3(Cl)C(=O)N(CBr)C(=O)C23Cl)cc(Cl)c1O. The molecule has 3 aliphatic heterocycles. The number of halogens is 4. The quantitative estimate of drug-likeness (QED) is 0.181. The van der Waals surface area contributed by atoms with Gasteiger partial charge in [-0.25, -0.2) is 0 Å². The lowest BCUT2D eigenvalue weighted by molar-refractivity contribution is -0.144. The lowest BCUT2D eigenvalue weighted by atomic mass is 9.56. The maximum Gasteiger partial charge on any atom is 0.254 e. The number of aromatic hydroxyl groups is 1. The van der Waals surface area contributed by atoms with Gasteiger partial charge in [-0.3, -0.25) is 33.9 Å². The van der Waals surface area contributed by atoms with E-state index < -0.39 is 45.2 Å². The lowest BCUT2D eigenvalue weighted by Crippen LogP contribution is -2.60. The van der Waals surface area contributed by atoms with Crippen LogP contribution in [0.15, 0.2) is 54.1 Å². The molecule has 7 rings (SSSR count). The van der Waals surface area contributed by atoms with Crippen molar-refractivity contribution in [3.05, 3.63) is 70.3 Å². The van der Waals surface area contributed by atoms with Gasteiger partial charge in [0.15, 0.2) is 21.2 Å². The number of phenolic OH excluding ortho intramolecular Hbond substituents is 1. The zero-order chi connectivity index (χ0) is 33.4. The van der Waals surface area contributed by atoms with E-state index in [4.69, 9.17) is 39.5 Å². The summed E-state index contributed by atoms with van der Waals surface area (Å²) < 4.78 is 5.37. The Balaban J connectivity index is 1.24. The second kappa shape index (κ2) is 12.1. The Labute approximate surface area is 295 Å². The minimum absolute atomic E-state index is 0.0396. The molecule has 0 spiro atoms. The summed E-state index contributed by atoms with van der Waals surface area (Å²) in [5.41, 5.74) is 2.15. The van der Waals surface area contributed by atoms with Gasteiger partial charge in [-0.05, 0) is 54.9 Å². The van der Waals surface area contributed by atoms with E-state index in [1.165, 1.54) is 29.7 Å². The molecule has 13 heteroatoms. The first-order chi connectivity index (χ1) is 22.5. The van der Waals surface area contributed by atoms with Gasteiger partial charge in [-0.1, -0.05) is 69.5 Å². The molecule has 6 atom stereocenters. The van der Waals surface area contributed by atoms with Gasteiger partial charge in [-0.2, -0.15) is 0 Å². The van der Waals surface area contributed by atoms with Gasteiger partial charge < -0.3 is 9.84 Å². The summed E-state index contributed by atoms with van der Waals surface area (Å²) >= 11 is 24.3. The van der Waals surface area contributed by atoms with Crippen molar-refractivity contribution in [1.82, 2.24) is 14.7 Å². The van der Waals surface area contributed by atoms with Crippen LogP contribution in [-0.2, 0) is 25.7 Å². The number of nitrogens with zero attached hydrogens (tertiary/aromatic N) is 3. The minimum atomic E-state index is -1.98. The highest BCUT2D eigenvalue weighted by Crippen LogP contribution is 2.66. The van der Waals surface area contributed by atoms with Crippen molar-refractivity contribution < 1.29 is 29.0 Å². The largest absolute Gasteiger partial charge is 0.503 e. The smallest absolute Gasteiger partial charge is 0.254 e. The van der Waals surface area contributed by atoms with E-state index in [0.717, 1.165) is 24.5 Å². The average Bonchev–Trinajstić information content (AvgIpc) is 3.40. The van der Waals surface area contributed by atoms with E-state index >= 15 is 0 Å². The summed E-state index contributed by atoms with van der Waals surface area (Å²) in [6.07, 6.45) is 3.40. The first-order valence-corrected chi connectivity index (χ1v) is 17.9. The second-order valence-corrected chi connectivity index (χ2v) is 15.2. The highest BCUT2D eigenvalue weighted by Gasteiger charge is 2.76. The van der Waals surface area contributed by atoms with Crippen LogP contribution in [0.5, 0.6) is 11.5 Å². The van der Waals surface area contributed by atoms with E-state index in [9.17, 15) is 24.3 Å². The highest BCUT2D eigenvalue weighted by molar-refractivity contribution is 9.09. The zero-order valence-corrected chi connectivity index (χ0v) is 29.4. The fourth-order valence-corrected chi connectivity index (χ4v) is 10.2. The molecule has 0 aromatic heterocycles. The van der Waals surface area contributed by atoms with Gasteiger partial charge in [0.1, 0.15) is 0 Å². The number of alkyl halides is 3. The summed E-state index contributed by atoms with van der Waals surface area (Å²) in [7, 11) is 1.37. The minimum Gasteiger partial charge on any atom is -0.503 e. The van der Waals surface area contributed by atoms with Gasteiger partial charge in [0.25, 0.3) is 11.8 Å². The van der Waals surface area contributed by atoms with Crippen LogP contribution < -0.4 is 4.74 Å². The number of piperidine rings is 1. The first-order valence-electron chi connectivity index (χ1n) is 15.7. The molecule has 2 aliphatic carbocycles. The molecule has 3 saturated heterocycles. The molecule has 6 unspecified atom stereocenters. The maximum atomic E-state index is 14.4. The first kappa shape index (κ1) is 32.9. The summed E-state index contributed by atoms with van der Waals surface area (Å²) in [4.78, 5) is 57.2. The van der Waals surface area contributed by atoms with Crippen LogP contribution in [0.1, 0.15) is 42.7 Å². The van der Waals surface area contributed by atoms with Crippen molar-refractivity contribution in [2.45, 2.75) is 53.9 Å². The molecule has 2 aromatic rings. The van der Waals surface area contributed by atoms with E-state index in [2.05, 4.69) is 33.0 Å². The Kier molecular flexibility index (Phi) is 8.44. The second-order valence-electron chi connectivity index (χ2n) is 13.1. The van der Waals surface area contributed by atoms with Crippen molar-refractivity contribution in [3.63, 3.8) is 0 Å². The molecule has 0 bridgehead atoms. The van der Waals surface area contributed by atoms with Crippen molar-refractivity contribution in [1.29, 1.82) is 0 Å². The maximum absolute atomic E-state index is 14.4. The van der Waals surface area contributed by atoms with Crippen LogP contribution in [0.25, 0.3) is 0 Å². The number of ether oxygens (including phenoxy) is 1. The van der Waals surface area contributed by atoms with Gasteiger partial charge in [0, 0.05) is 31.6 Å². The van der Waals surface area contributed by atoms with Gasteiger partial charge >= 0.3 is 0 Å². The zero-order valence-electron chi connectivity index (χ0n) is 25.5. The molecule has 5 aliphatic rings. The molecule has 4 fully saturated rings. The molecular formula is C34H33BrCl3N3O6. The average molecular weight is 766 g/mol. The van der Waals surface area contributed by atoms with Gasteiger partial charge in [-0.15, -0.1) is 23.2 Å². The number of likely N-dealkylation sites (tertiary alicyclic amines) is 3. The van der Waals surface area contributed by atoms with Gasteiger partial charge in [0.05, 0.1) is 29.4 Å². The molecule has 0 radical (unpaired) electrons. The lowest BCUT2D eigenvalue weighted by Gasteiger charge is -2.50. The van der Waals surface area contributed by atoms with Crippen molar-refractivity contribution >= 4 is 74.4 Å². The predicted molar refractivity (Wildman–Crippen MR) is 180 cm³/mol. The Morgan fingerprint density at radius 1 is 1.00 bits per heavy atom. The molecule has 9 nitrogen and oxygen atoms in total. The monoisotopic (exact) mass is 763 g/mol. The molecular weight excluding hydrogens is 733 g/mol. The summed E-state index contributed by atoms with van der Waals surface area (Å²) in [5.74, 6) is -5.09. The van der Waals surface area contributed by atoms with Crippen molar-refractivity contribution in [3.8, 4) is 11.5 Å². The Morgan fingerprint density at radius 2 is 1.70 bits per heavy atom. The molecule has 1 saturated carbocycles. The number of hydrogen-bond donors (Lipinski definition) is 1. The van der Waals surface area contributed by atoms with E-state index in [1.807, 2.05) is 24.3 Å². The van der Waals surface area contributed by atoms with Crippen LogP contribution in [0, 0.1) is 17.8 Å². The molecule has 2 aromatic carbocycles. The number of allylic oxidation sites excluding steroid dienone is 2. The molecule has 1 N–H and O–H groups in total. The van der Waals surface area contributed by atoms with E-state index in [1.54, 1.807) is 0 Å². The van der Waals surface area contributed by atoms with Crippen LogP contribution in [0.4, 0.5) is 0 Å². The number of benzene rings is 2. The molecule has 248 valence electrons. The third-order valence-corrected chi connectivity index (χ3v) is 13.0. The standard InChI is InChI=1S/C34H33BrCl3N3O6/c1-47-25-14-19(13-24(36)28(25)42)27-21-7-8-22-26(23(21)15-33(37)31(45)40(17-35)32(46)34(27,33)38)30(44)41(29(22)43)20-9-11-39(12-10-20)16-18-5-3-2-4-6-18/h2-7,13-14,20,22-23,26-27,42H,8-12,15-17H2,1H3. The summed E-state index contributed by atoms with van der Waals surface area (Å²) in [6, 6.07) is 13.0. The Hall–Kier alpha value is -2.63. The topological polar surface area (TPSA) is 107 Å². The number of fused-ring (bicyclic) bond motifs is 4. The molecule has 47 heavy (non-hydrogen) atoms. The number of imide groups is 2. The van der Waals surface area contributed by atoms with Crippen LogP contribution in [-0.4, -0.2) is 84.9 Å². The third kappa shape index (κ3) is 4.80. The van der Waals surface area contributed by atoms with Crippen molar-refractivity contribution in [2.75, 3.05) is 25.7 Å². The summed E-state index contributed by atoms with van der Waals surface area (Å²) in [6.45, 7) is 2.31. The van der Waals surface area contributed by atoms with E-state index in [-0.39, 0.29) is 52.7 Å². The highest BCUT2D eigenvalue weighted by atomic mass is 79.9. The number of methoxy groups -OCH3 is 1. The van der Waals surface area contributed by atoms with Crippen LogP contribution in [0.3, 0.4) is 0 Å². The molecule has 3 heterocycles. The van der Waals surface area contributed by atoms with E-state index in [0.29, 0.717) is 24.0 Å². The fourth-order valence-electron chi connectivity index (χ4n) is 8.60. The van der Waals surface area contributed by atoms with Crippen LogP contribution >= 0.6 is 50.7 Å². The number of carbonyl (C=O) groups excluding carboxylic acids is 4. The Bertz CT molecular complexity index is 1700. The fraction of sp³-hybridized carbons (Fsp3) is 0.471. The summed E-state index contributed by atoms with van der Waals surface area (Å²) in [5, 5.41) is 10.5. The third-order valence-electron chi connectivity index (χ3n) is 10.8. The Morgan fingerprint density at radius 3 is 2.36 bits per heavy atom. The number of amides is 4.